The van der Waals surface area contributed by atoms with E-state index >= 15 is 0 Å². The maximum Gasteiger partial charge on any atom is 0.420 e. The summed E-state index contributed by atoms with van der Waals surface area (Å²) in [6.07, 6.45) is -2.35. The van der Waals surface area contributed by atoms with Gasteiger partial charge in [0.2, 0.25) is 0 Å². The molecule has 2 aromatic carbocycles. The van der Waals surface area contributed by atoms with Crippen molar-refractivity contribution >= 4 is 23.8 Å². The minimum atomic E-state index is -1.04. The zero-order valence-electron chi connectivity index (χ0n) is 18.8. The number of ether oxygens (including phenoxy) is 3. The van der Waals surface area contributed by atoms with E-state index in [4.69, 9.17) is 14.2 Å². The molecule has 33 heavy (non-hydrogen) atoms. The predicted molar refractivity (Wildman–Crippen MR) is 117 cm³/mol. The number of nitro benzene ring substituents is 1. The summed E-state index contributed by atoms with van der Waals surface area (Å²) in [5.74, 6) is -0.638. The second-order valence-corrected chi connectivity index (χ2v) is 8.04. The van der Waals surface area contributed by atoms with E-state index in [9.17, 15) is 24.5 Å². The van der Waals surface area contributed by atoms with Crippen molar-refractivity contribution in [2.75, 3.05) is 7.11 Å². The molecular formula is C23H26N2O8. The number of esters is 1. The molecule has 0 N–H and O–H groups in total. The Hall–Kier alpha value is -3.95. The number of non-ortho nitro benzene ring substituents is 1. The summed E-state index contributed by atoms with van der Waals surface area (Å²) >= 11 is 0. The summed E-state index contributed by atoms with van der Waals surface area (Å²) < 4.78 is 15.4. The van der Waals surface area contributed by atoms with Gasteiger partial charge in [0, 0.05) is 12.1 Å². The molecule has 0 aromatic heterocycles. The Labute approximate surface area is 191 Å². The molecule has 0 fully saturated rings. The van der Waals surface area contributed by atoms with E-state index in [2.05, 4.69) is 0 Å². The third-order valence-electron chi connectivity index (χ3n) is 4.38. The number of nitrogens with zero attached hydrogens (tertiary/aromatic N) is 2. The van der Waals surface area contributed by atoms with Crippen LogP contribution in [0.2, 0.25) is 0 Å². The van der Waals surface area contributed by atoms with Crippen LogP contribution in [-0.4, -0.2) is 40.7 Å². The maximum atomic E-state index is 13.0. The van der Waals surface area contributed by atoms with Gasteiger partial charge in [0.25, 0.3) is 5.69 Å². The molecule has 0 aliphatic rings. The van der Waals surface area contributed by atoms with Gasteiger partial charge < -0.3 is 14.2 Å². The summed E-state index contributed by atoms with van der Waals surface area (Å²) in [6.45, 7) is 4.67. The molecule has 0 aliphatic heterocycles. The molecule has 0 saturated carbocycles. The van der Waals surface area contributed by atoms with Crippen molar-refractivity contribution in [3.05, 3.63) is 75.8 Å². The predicted octanol–water partition coefficient (Wildman–Crippen LogP) is 4.77. The summed E-state index contributed by atoms with van der Waals surface area (Å²) in [7, 11) is 1.20. The fraction of sp³-hybridized carbons (Fsp3) is 0.348. The first-order valence-corrected chi connectivity index (χ1v) is 10.1. The number of hydrogen-bond donors (Lipinski definition) is 0. The molecule has 176 valence electrons. The van der Waals surface area contributed by atoms with Crippen molar-refractivity contribution in [3.63, 3.8) is 0 Å². The fourth-order valence-electron chi connectivity index (χ4n) is 2.84. The van der Waals surface area contributed by atoms with Crippen LogP contribution < -0.4 is 0 Å². The summed E-state index contributed by atoms with van der Waals surface area (Å²) in [6, 6.07) is 12.9. The topological polar surface area (TPSA) is 125 Å². The molecule has 10 nitrogen and oxygen atoms in total. The number of rotatable bonds is 7. The molecule has 0 radical (unpaired) electrons. The lowest BCUT2D eigenvalue weighted by molar-refractivity contribution is -0.384. The van der Waals surface area contributed by atoms with Gasteiger partial charge >= 0.3 is 18.2 Å². The van der Waals surface area contributed by atoms with Gasteiger partial charge in [-0.1, -0.05) is 30.3 Å². The number of methoxy groups -OCH3 is 1. The molecule has 0 aliphatic carbocycles. The van der Waals surface area contributed by atoms with Crippen LogP contribution in [0.1, 0.15) is 44.4 Å². The van der Waals surface area contributed by atoms with Crippen molar-refractivity contribution in [1.82, 2.24) is 4.90 Å². The van der Waals surface area contributed by atoms with E-state index in [0.29, 0.717) is 11.1 Å². The molecule has 2 rings (SSSR count). The third-order valence-corrected chi connectivity index (χ3v) is 4.38. The Morgan fingerprint density at radius 2 is 1.61 bits per heavy atom. The number of hydrogen-bond acceptors (Lipinski definition) is 8. The SMILES string of the molecule is COC(=O)CC(c1ccccc1)N(C(=O)OCc1ccc([N+](=O)[O-])cc1)C(=O)OC(C)(C)C. The Bertz CT molecular complexity index is 984. The van der Waals surface area contributed by atoms with Crippen molar-refractivity contribution in [2.24, 2.45) is 0 Å². The second kappa shape index (κ2) is 11.1. The Balaban J connectivity index is 2.33. The number of benzene rings is 2. The molecule has 1 unspecified atom stereocenters. The van der Waals surface area contributed by atoms with Gasteiger partial charge in [-0.15, -0.1) is 0 Å². The largest absolute Gasteiger partial charge is 0.469 e. The van der Waals surface area contributed by atoms with Gasteiger partial charge in [0.05, 0.1) is 24.5 Å². The molecule has 0 spiro atoms. The summed E-state index contributed by atoms with van der Waals surface area (Å²) in [5.41, 5.74) is -0.0495. The van der Waals surface area contributed by atoms with Crippen molar-refractivity contribution in [1.29, 1.82) is 0 Å². The lowest BCUT2D eigenvalue weighted by Gasteiger charge is -2.31. The monoisotopic (exact) mass is 458 g/mol. The van der Waals surface area contributed by atoms with Crippen molar-refractivity contribution in [3.8, 4) is 0 Å². The van der Waals surface area contributed by atoms with Crippen LogP contribution in [0.15, 0.2) is 54.6 Å². The van der Waals surface area contributed by atoms with Gasteiger partial charge in [0.1, 0.15) is 12.2 Å². The van der Waals surface area contributed by atoms with E-state index in [0.717, 1.165) is 4.90 Å². The molecule has 0 bridgehead atoms. The number of amides is 2. The number of carbonyl (C=O) groups is 3. The van der Waals surface area contributed by atoms with Crippen LogP contribution in [0, 0.1) is 10.1 Å². The van der Waals surface area contributed by atoms with Crippen molar-refractivity contribution < 1.29 is 33.5 Å². The highest BCUT2D eigenvalue weighted by atomic mass is 16.6. The number of imide groups is 1. The second-order valence-electron chi connectivity index (χ2n) is 8.04. The van der Waals surface area contributed by atoms with Gasteiger partial charge in [-0.2, -0.15) is 0 Å². The summed E-state index contributed by atoms with van der Waals surface area (Å²) in [4.78, 5) is 49.1. The van der Waals surface area contributed by atoms with E-state index in [1.54, 1.807) is 51.1 Å². The van der Waals surface area contributed by atoms with Crippen LogP contribution in [0.3, 0.4) is 0 Å². The lowest BCUT2D eigenvalue weighted by atomic mass is 10.0. The molecule has 1 atom stereocenters. The quantitative estimate of drug-likeness (QED) is 0.251. The standard InChI is InChI=1S/C23H26N2O8/c1-23(2,3)33-22(28)24(19(14-20(26)31-4)17-8-6-5-7-9-17)21(27)32-15-16-10-12-18(13-11-16)25(29)30/h5-13,19H,14-15H2,1-4H3. The van der Waals surface area contributed by atoms with Crippen LogP contribution >= 0.6 is 0 Å². The first kappa shape index (κ1) is 25.3. The minimum absolute atomic E-state index is 0.109. The molecule has 2 amide bonds. The fourth-order valence-corrected chi connectivity index (χ4v) is 2.84. The van der Waals surface area contributed by atoms with Crippen LogP contribution in [0.4, 0.5) is 15.3 Å². The van der Waals surface area contributed by atoms with Crippen LogP contribution in [0.5, 0.6) is 0 Å². The normalized spacial score (nSPS) is 11.8. The van der Waals surface area contributed by atoms with E-state index in [1.165, 1.54) is 31.4 Å². The Morgan fingerprint density at radius 1 is 1.00 bits per heavy atom. The summed E-state index contributed by atoms with van der Waals surface area (Å²) in [5, 5.41) is 10.8. The highest BCUT2D eigenvalue weighted by molar-refractivity contribution is 5.89. The molecule has 0 saturated heterocycles. The van der Waals surface area contributed by atoms with E-state index in [-0.39, 0.29) is 18.7 Å². The van der Waals surface area contributed by atoms with Gasteiger partial charge in [-0.05, 0) is 44.0 Å². The van der Waals surface area contributed by atoms with Gasteiger partial charge in [-0.3, -0.25) is 14.9 Å². The zero-order valence-corrected chi connectivity index (χ0v) is 18.8. The van der Waals surface area contributed by atoms with Crippen LogP contribution in [-0.2, 0) is 25.6 Å². The van der Waals surface area contributed by atoms with E-state index in [1.807, 2.05) is 0 Å². The number of carbonyl (C=O) groups excluding carboxylic acids is 3. The highest BCUT2D eigenvalue weighted by Gasteiger charge is 2.37. The average molecular weight is 458 g/mol. The molecule has 2 aromatic rings. The van der Waals surface area contributed by atoms with Crippen molar-refractivity contribution in [2.45, 2.75) is 45.4 Å². The van der Waals surface area contributed by atoms with Gasteiger partial charge in [0.15, 0.2) is 0 Å². The lowest BCUT2D eigenvalue weighted by Crippen LogP contribution is -2.44. The van der Waals surface area contributed by atoms with Gasteiger partial charge in [-0.25, -0.2) is 14.5 Å². The molecule has 0 heterocycles. The van der Waals surface area contributed by atoms with E-state index < -0.39 is 34.7 Å². The zero-order chi connectivity index (χ0) is 24.6. The maximum absolute atomic E-state index is 13.0. The minimum Gasteiger partial charge on any atom is -0.469 e. The first-order chi connectivity index (χ1) is 15.5. The smallest absolute Gasteiger partial charge is 0.420 e. The molecular weight excluding hydrogens is 432 g/mol. The third kappa shape index (κ3) is 7.60. The average Bonchev–Trinajstić information content (AvgIpc) is 2.76. The number of nitro groups is 1. The molecule has 10 heteroatoms. The Morgan fingerprint density at radius 3 is 2.12 bits per heavy atom. The van der Waals surface area contributed by atoms with Crippen LogP contribution in [0.25, 0.3) is 0 Å². The highest BCUT2D eigenvalue weighted by Crippen LogP contribution is 2.28. The first-order valence-electron chi connectivity index (χ1n) is 10.1. The Kier molecular flexibility index (Phi) is 8.49.